The highest BCUT2D eigenvalue weighted by Crippen LogP contribution is 2.23. The molecule has 0 radical (unpaired) electrons. The Kier molecular flexibility index (Phi) is 6.92. The van der Waals surface area contributed by atoms with Gasteiger partial charge >= 0.3 is 5.91 Å². The number of anilines is 1. The molecule has 2 amide bonds. The highest BCUT2D eigenvalue weighted by molar-refractivity contribution is 6.07. The lowest BCUT2D eigenvalue weighted by molar-refractivity contribution is -0.598. The number of carbonyl (C=O) groups excluding carboxylic acids is 2. The van der Waals surface area contributed by atoms with Gasteiger partial charge in [-0.15, -0.1) is 0 Å². The fourth-order valence-corrected chi connectivity index (χ4v) is 4.59. The van der Waals surface area contributed by atoms with Crippen LogP contribution in [-0.4, -0.2) is 77.1 Å². The number of hydrogen-bond acceptors (Lipinski definition) is 5. The van der Waals surface area contributed by atoms with Crippen molar-refractivity contribution in [2.24, 2.45) is 0 Å². The molecular formula is C22H29F2N6O2+. The van der Waals surface area contributed by atoms with E-state index in [1.807, 2.05) is 0 Å². The summed E-state index contributed by atoms with van der Waals surface area (Å²) in [6.45, 7) is 4.37. The summed E-state index contributed by atoms with van der Waals surface area (Å²) in [5.74, 6) is -3.19. The topological polar surface area (TPSA) is 97.9 Å². The number of quaternary nitrogens is 1. The number of nitrogens with two attached hydrogens (primary N) is 1. The van der Waals surface area contributed by atoms with Crippen molar-refractivity contribution in [1.29, 1.82) is 0 Å². The second-order valence-electron chi connectivity index (χ2n) is 8.65. The van der Waals surface area contributed by atoms with Gasteiger partial charge in [0, 0.05) is 45.1 Å². The third-order valence-electron chi connectivity index (χ3n) is 6.51. The molecule has 2 heterocycles. The lowest BCUT2D eigenvalue weighted by atomic mass is 9.89. The number of benzene rings is 1. The van der Waals surface area contributed by atoms with E-state index in [0.717, 1.165) is 64.0 Å². The summed E-state index contributed by atoms with van der Waals surface area (Å²) < 4.78 is 27.8. The Bertz CT molecular complexity index is 945. The van der Waals surface area contributed by atoms with Crippen molar-refractivity contribution < 1.29 is 23.7 Å². The first-order valence-corrected chi connectivity index (χ1v) is 11.0. The maximum Gasteiger partial charge on any atom is 0.362 e. The van der Waals surface area contributed by atoms with Gasteiger partial charge in [0.15, 0.2) is 5.69 Å². The molecule has 1 saturated heterocycles. The highest BCUT2D eigenvalue weighted by atomic mass is 19.1. The van der Waals surface area contributed by atoms with Gasteiger partial charge in [-0.25, -0.2) is 13.6 Å². The summed E-state index contributed by atoms with van der Waals surface area (Å²) in [5, 5.41) is 10.5. The first-order valence-electron chi connectivity index (χ1n) is 11.0. The molecule has 1 aliphatic heterocycles. The first-order chi connectivity index (χ1) is 15.4. The monoisotopic (exact) mass is 447 g/mol. The smallest absolute Gasteiger partial charge is 0.318 e. The number of aromatic amines is 1. The maximum absolute atomic E-state index is 13.9. The Morgan fingerprint density at radius 1 is 1.09 bits per heavy atom. The van der Waals surface area contributed by atoms with Crippen LogP contribution in [0.3, 0.4) is 0 Å². The van der Waals surface area contributed by atoms with Gasteiger partial charge in [-0.3, -0.25) is 20.1 Å². The average molecular weight is 448 g/mol. The van der Waals surface area contributed by atoms with E-state index in [9.17, 15) is 18.4 Å². The summed E-state index contributed by atoms with van der Waals surface area (Å²) in [6, 6.07) is 3.92. The van der Waals surface area contributed by atoms with Gasteiger partial charge in [0.05, 0.1) is 17.9 Å². The molecule has 4 rings (SSSR count). The summed E-state index contributed by atoms with van der Waals surface area (Å²) in [4.78, 5) is 30.1. The Morgan fingerprint density at radius 2 is 1.75 bits per heavy atom. The number of H-pyrrole nitrogens is 1. The molecule has 10 heteroatoms. The molecular weight excluding hydrogens is 418 g/mol. The van der Waals surface area contributed by atoms with Crippen molar-refractivity contribution in [2.45, 2.75) is 37.8 Å². The Labute approximate surface area is 185 Å². The van der Waals surface area contributed by atoms with Gasteiger partial charge in [0.1, 0.15) is 17.2 Å². The first kappa shape index (κ1) is 22.5. The number of carbonyl (C=O) groups is 2. The van der Waals surface area contributed by atoms with Crippen molar-refractivity contribution in [3.05, 3.63) is 47.3 Å². The van der Waals surface area contributed by atoms with E-state index in [1.54, 1.807) is 5.32 Å². The average Bonchev–Trinajstić information content (AvgIpc) is 3.23. The van der Waals surface area contributed by atoms with Gasteiger partial charge in [0.25, 0.3) is 5.91 Å². The molecule has 1 aliphatic carbocycles. The number of nitrogens with one attached hydrogen (secondary N) is 2. The van der Waals surface area contributed by atoms with Crippen LogP contribution in [0.2, 0.25) is 0 Å². The number of hydrogen-bond donors (Lipinski definition) is 3. The quantitative estimate of drug-likeness (QED) is 0.640. The van der Waals surface area contributed by atoms with Crippen molar-refractivity contribution in [1.82, 2.24) is 20.0 Å². The molecule has 0 atom stereocenters. The Hall–Kier alpha value is -2.69. The number of likely N-dealkylation sites (N-methyl/N-ethyl adjacent to an activating group) is 1. The molecule has 1 saturated carbocycles. The number of nitrogens with zero attached hydrogens (tertiary/aromatic N) is 3. The zero-order chi connectivity index (χ0) is 22.7. The van der Waals surface area contributed by atoms with Crippen molar-refractivity contribution in [3.63, 3.8) is 0 Å². The van der Waals surface area contributed by atoms with E-state index >= 15 is 0 Å². The maximum atomic E-state index is 13.9. The number of rotatable bonds is 5. The second-order valence-corrected chi connectivity index (χ2v) is 8.65. The van der Waals surface area contributed by atoms with Crippen molar-refractivity contribution in [3.8, 4) is 0 Å². The number of halogens is 2. The van der Waals surface area contributed by atoms with E-state index in [2.05, 4.69) is 32.4 Å². The van der Waals surface area contributed by atoms with Crippen LogP contribution >= 0.6 is 0 Å². The van der Waals surface area contributed by atoms with Gasteiger partial charge in [-0.1, -0.05) is 6.07 Å². The summed E-state index contributed by atoms with van der Waals surface area (Å²) in [7, 11) is 2.15. The SMILES string of the molecule is CN1CCN(C2CCC([NH2+]C(=O)c3[nH]ncc3NC(=O)c3c(F)cccc3F)CC2)CC1. The van der Waals surface area contributed by atoms with Gasteiger partial charge < -0.3 is 10.2 Å². The fraction of sp³-hybridized carbons (Fsp3) is 0.500. The molecule has 2 aliphatic rings. The summed E-state index contributed by atoms with van der Waals surface area (Å²) in [6.07, 6.45) is 5.23. The molecule has 1 aromatic carbocycles. The standard InChI is InChI=1S/C22H28F2N6O2/c1-29-9-11-30(12-10-29)15-7-5-14(6-8-15)26-22(32)20-18(13-25-28-20)27-21(31)19-16(23)3-2-4-17(19)24/h2-4,13-15H,5-12H2,1H3,(H,25,28)(H,26,32)(H,27,31)/p+1. The van der Waals surface area contributed by atoms with E-state index in [0.29, 0.717) is 6.04 Å². The molecule has 0 bridgehead atoms. The Balaban J connectivity index is 1.33. The van der Waals surface area contributed by atoms with Gasteiger partial charge in [-0.2, -0.15) is 5.10 Å². The molecule has 8 nitrogen and oxygen atoms in total. The Morgan fingerprint density at radius 3 is 2.41 bits per heavy atom. The van der Waals surface area contributed by atoms with Crippen LogP contribution < -0.4 is 10.6 Å². The van der Waals surface area contributed by atoms with E-state index in [-0.39, 0.29) is 23.3 Å². The van der Waals surface area contributed by atoms with E-state index in [4.69, 9.17) is 0 Å². The number of primary amides is 1. The van der Waals surface area contributed by atoms with Gasteiger partial charge in [-0.05, 0) is 32.0 Å². The van der Waals surface area contributed by atoms with Crippen LogP contribution in [0.5, 0.6) is 0 Å². The van der Waals surface area contributed by atoms with Crippen LogP contribution in [0.1, 0.15) is 46.5 Å². The zero-order valence-electron chi connectivity index (χ0n) is 18.1. The van der Waals surface area contributed by atoms with Crippen LogP contribution in [0.15, 0.2) is 24.4 Å². The molecule has 0 spiro atoms. The van der Waals surface area contributed by atoms with E-state index < -0.39 is 23.1 Å². The minimum absolute atomic E-state index is 0.102. The van der Waals surface area contributed by atoms with Gasteiger partial charge in [0.2, 0.25) is 0 Å². The third-order valence-corrected chi connectivity index (χ3v) is 6.51. The fourth-order valence-electron chi connectivity index (χ4n) is 4.59. The number of aromatic nitrogens is 2. The van der Waals surface area contributed by atoms with E-state index in [1.165, 1.54) is 12.3 Å². The predicted octanol–water partition coefficient (Wildman–Crippen LogP) is 1.20. The largest absolute Gasteiger partial charge is 0.362 e. The minimum Gasteiger partial charge on any atom is -0.318 e. The van der Waals surface area contributed by atoms with Crippen molar-refractivity contribution in [2.75, 3.05) is 38.5 Å². The summed E-state index contributed by atoms with van der Waals surface area (Å²) in [5.41, 5.74) is -0.486. The van der Waals surface area contributed by atoms with Crippen LogP contribution in [0, 0.1) is 11.6 Å². The van der Waals surface area contributed by atoms with Crippen molar-refractivity contribution >= 4 is 17.5 Å². The second kappa shape index (κ2) is 9.85. The molecule has 4 N–H and O–H groups in total. The number of piperazine rings is 1. The molecule has 2 fully saturated rings. The summed E-state index contributed by atoms with van der Waals surface area (Å²) >= 11 is 0. The van der Waals surface area contributed by atoms with Crippen LogP contribution in [0.4, 0.5) is 14.5 Å². The minimum atomic E-state index is -0.970. The highest BCUT2D eigenvalue weighted by Gasteiger charge is 2.31. The zero-order valence-corrected chi connectivity index (χ0v) is 18.1. The normalized spacial score (nSPS) is 22.6. The molecule has 2 aromatic rings. The lowest BCUT2D eigenvalue weighted by Gasteiger charge is -2.40. The molecule has 1 aromatic heterocycles. The number of amides is 2. The molecule has 0 unspecified atom stereocenters. The predicted molar refractivity (Wildman–Crippen MR) is 114 cm³/mol. The molecule has 32 heavy (non-hydrogen) atoms. The molecule has 172 valence electrons. The third kappa shape index (κ3) is 5.03. The van der Waals surface area contributed by atoms with Crippen LogP contribution in [0.25, 0.3) is 0 Å². The van der Waals surface area contributed by atoms with Crippen LogP contribution in [-0.2, 0) is 0 Å². The lowest BCUT2D eigenvalue weighted by Crippen LogP contribution is -2.93.